The Balaban J connectivity index is 1.93. The summed E-state index contributed by atoms with van der Waals surface area (Å²) < 4.78 is 5.50. The van der Waals surface area contributed by atoms with Crippen molar-refractivity contribution in [2.45, 2.75) is 24.9 Å². The Labute approximate surface area is 152 Å². The van der Waals surface area contributed by atoms with E-state index in [9.17, 15) is 4.79 Å². The first kappa shape index (κ1) is 16.3. The highest BCUT2D eigenvalue weighted by atomic mass is 16.3. The molecule has 4 rings (SSSR count). The van der Waals surface area contributed by atoms with Crippen LogP contribution < -0.4 is 0 Å². The normalized spacial score (nSPS) is 15.2. The minimum Gasteiger partial charge on any atom is -0.467 e. The van der Waals surface area contributed by atoms with E-state index in [1.54, 1.807) is 6.26 Å². The summed E-state index contributed by atoms with van der Waals surface area (Å²) in [5.74, 6) is 0.714. The third-order valence-electron chi connectivity index (χ3n) is 5.02. The topological polar surface area (TPSA) is 46.3 Å². The number of pyridine rings is 1. The molecule has 1 aliphatic heterocycles. The molecule has 1 aliphatic rings. The highest BCUT2D eigenvalue weighted by molar-refractivity contribution is 6.02. The Morgan fingerprint density at radius 3 is 2.58 bits per heavy atom. The van der Waals surface area contributed by atoms with Crippen molar-refractivity contribution in [2.24, 2.45) is 0 Å². The van der Waals surface area contributed by atoms with Gasteiger partial charge in [-0.15, -0.1) is 13.2 Å². The maximum Gasteiger partial charge on any atom is 0.257 e. The SMILES string of the molecule is C=CCC1(CC=C)c2nc3ccccc3cc2C(=O)N1Cc1ccco1. The maximum atomic E-state index is 13.3. The van der Waals surface area contributed by atoms with Gasteiger partial charge in [0, 0.05) is 5.39 Å². The van der Waals surface area contributed by atoms with Gasteiger partial charge in [-0.25, -0.2) is 4.98 Å². The lowest BCUT2D eigenvalue weighted by Gasteiger charge is -2.37. The highest BCUT2D eigenvalue weighted by Crippen LogP contribution is 2.45. The molecular formula is C22H20N2O2. The maximum absolute atomic E-state index is 13.3. The molecule has 0 unspecified atom stereocenters. The van der Waals surface area contributed by atoms with Gasteiger partial charge in [0.1, 0.15) is 5.76 Å². The molecule has 4 nitrogen and oxygen atoms in total. The van der Waals surface area contributed by atoms with Crippen LogP contribution in [0.4, 0.5) is 0 Å². The summed E-state index contributed by atoms with van der Waals surface area (Å²) in [7, 11) is 0. The van der Waals surface area contributed by atoms with Gasteiger partial charge >= 0.3 is 0 Å². The number of fused-ring (bicyclic) bond motifs is 2. The first-order valence-electron chi connectivity index (χ1n) is 8.66. The van der Waals surface area contributed by atoms with Crippen LogP contribution in [0.5, 0.6) is 0 Å². The number of carbonyl (C=O) groups excluding carboxylic acids is 1. The average molecular weight is 344 g/mol. The summed E-state index contributed by atoms with van der Waals surface area (Å²) in [4.78, 5) is 20.0. The number of benzene rings is 1. The fraction of sp³-hybridized carbons (Fsp3) is 0.182. The van der Waals surface area contributed by atoms with E-state index < -0.39 is 5.54 Å². The zero-order chi connectivity index (χ0) is 18.1. The summed E-state index contributed by atoms with van der Waals surface area (Å²) in [6.07, 6.45) is 6.52. The molecule has 1 amide bonds. The zero-order valence-corrected chi connectivity index (χ0v) is 14.5. The van der Waals surface area contributed by atoms with Crippen LogP contribution in [0.25, 0.3) is 10.9 Å². The Morgan fingerprint density at radius 2 is 1.88 bits per heavy atom. The second-order valence-corrected chi connectivity index (χ2v) is 6.57. The Hall–Kier alpha value is -3.14. The number of aromatic nitrogens is 1. The quantitative estimate of drug-likeness (QED) is 0.602. The fourth-order valence-corrected chi connectivity index (χ4v) is 3.86. The number of nitrogens with zero attached hydrogens (tertiary/aromatic N) is 2. The first-order chi connectivity index (χ1) is 12.7. The lowest BCUT2D eigenvalue weighted by atomic mass is 9.86. The predicted octanol–water partition coefficient (Wildman–Crippen LogP) is 4.83. The number of hydrogen-bond donors (Lipinski definition) is 0. The largest absolute Gasteiger partial charge is 0.467 e. The van der Waals surface area contributed by atoms with Crippen LogP contribution in [0.2, 0.25) is 0 Å². The van der Waals surface area contributed by atoms with Crippen molar-refractivity contribution in [2.75, 3.05) is 0 Å². The molecule has 0 fully saturated rings. The van der Waals surface area contributed by atoms with E-state index in [2.05, 4.69) is 13.2 Å². The van der Waals surface area contributed by atoms with Gasteiger partial charge in [0.15, 0.2) is 0 Å². The van der Waals surface area contributed by atoms with Crippen molar-refractivity contribution in [1.29, 1.82) is 0 Å². The fourth-order valence-electron chi connectivity index (χ4n) is 3.86. The molecule has 3 heterocycles. The number of hydrogen-bond acceptors (Lipinski definition) is 3. The van der Waals surface area contributed by atoms with E-state index >= 15 is 0 Å². The Bertz CT molecular complexity index is 979. The van der Waals surface area contributed by atoms with Crippen molar-refractivity contribution in [3.8, 4) is 0 Å². The summed E-state index contributed by atoms with van der Waals surface area (Å²) in [6.45, 7) is 8.23. The molecule has 0 saturated heterocycles. The molecule has 3 aromatic rings. The van der Waals surface area contributed by atoms with Crippen LogP contribution in [0, 0.1) is 0 Å². The molecule has 26 heavy (non-hydrogen) atoms. The molecule has 0 saturated carbocycles. The summed E-state index contributed by atoms with van der Waals surface area (Å²) in [5.41, 5.74) is 1.75. The summed E-state index contributed by atoms with van der Waals surface area (Å²) >= 11 is 0. The second kappa shape index (κ2) is 6.30. The number of amides is 1. The smallest absolute Gasteiger partial charge is 0.257 e. The molecule has 130 valence electrons. The van der Waals surface area contributed by atoms with E-state index in [0.717, 1.165) is 22.4 Å². The van der Waals surface area contributed by atoms with Crippen molar-refractivity contribution in [3.63, 3.8) is 0 Å². The Morgan fingerprint density at radius 1 is 1.12 bits per heavy atom. The van der Waals surface area contributed by atoms with Gasteiger partial charge < -0.3 is 9.32 Å². The van der Waals surface area contributed by atoms with Gasteiger partial charge in [-0.05, 0) is 37.1 Å². The van der Waals surface area contributed by atoms with E-state index in [-0.39, 0.29) is 5.91 Å². The molecule has 0 atom stereocenters. The minimum atomic E-state index is -0.591. The molecule has 0 radical (unpaired) electrons. The molecule has 0 N–H and O–H groups in total. The van der Waals surface area contributed by atoms with Crippen LogP contribution in [-0.2, 0) is 12.1 Å². The molecule has 2 aromatic heterocycles. The lowest BCUT2D eigenvalue weighted by Crippen LogP contribution is -2.43. The van der Waals surface area contributed by atoms with Crippen molar-refractivity contribution < 1.29 is 9.21 Å². The van der Waals surface area contributed by atoms with Gasteiger partial charge in [-0.3, -0.25) is 4.79 Å². The first-order valence-corrected chi connectivity index (χ1v) is 8.66. The monoisotopic (exact) mass is 344 g/mol. The standard InChI is InChI=1S/C22H20N2O2/c1-3-11-22(12-4-2)20-18(14-16-8-5-6-10-19(16)23-20)21(25)24(22)15-17-9-7-13-26-17/h3-10,13-14H,1-2,11-12,15H2. The number of para-hydroxylation sites is 1. The van der Waals surface area contributed by atoms with Crippen LogP contribution in [0.15, 0.2) is 78.5 Å². The van der Waals surface area contributed by atoms with Crippen LogP contribution in [0.3, 0.4) is 0 Å². The van der Waals surface area contributed by atoms with Crippen molar-refractivity contribution in [1.82, 2.24) is 9.88 Å². The minimum absolute atomic E-state index is 0.0293. The molecule has 0 aliphatic carbocycles. The highest BCUT2D eigenvalue weighted by Gasteiger charge is 2.49. The van der Waals surface area contributed by atoms with Gasteiger partial charge in [-0.1, -0.05) is 30.4 Å². The third-order valence-corrected chi connectivity index (χ3v) is 5.02. The second-order valence-electron chi connectivity index (χ2n) is 6.57. The van der Waals surface area contributed by atoms with E-state index in [0.29, 0.717) is 24.9 Å². The van der Waals surface area contributed by atoms with Crippen molar-refractivity contribution >= 4 is 16.8 Å². The predicted molar refractivity (Wildman–Crippen MR) is 102 cm³/mol. The lowest BCUT2D eigenvalue weighted by molar-refractivity contribution is 0.0495. The molecule has 1 aromatic carbocycles. The number of furan rings is 1. The van der Waals surface area contributed by atoms with E-state index in [4.69, 9.17) is 9.40 Å². The van der Waals surface area contributed by atoms with Crippen LogP contribution in [-0.4, -0.2) is 15.8 Å². The molecule has 0 bridgehead atoms. The molecular weight excluding hydrogens is 324 g/mol. The van der Waals surface area contributed by atoms with E-state index in [1.165, 1.54) is 0 Å². The zero-order valence-electron chi connectivity index (χ0n) is 14.5. The number of carbonyl (C=O) groups is 1. The van der Waals surface area contributed by atoms with Crippen LogP contribution >= 0.6 is 0 Å². The van der Waals surface area contributed by atoms with E-state index in [1.807, 2.05) is 59.5 Å². The summed E-state index contributed by atoms with van der Waals surface area (Å²) in [5, 5.41) is 0.963. The summed E-state index contributed by atoms with van der Waals surface area (Å²) in [6, 6.07) is 13.5. The van der Waals surface area contributed by atoms with Gasteiger partial charge in [-0.2, -0.15) is 0 Å². The van der Waals surface area contributed by atoms with Gasteiger partial charge in [0.05, 0.1) is 35.1 Å². The van der Waals surface area contributed by atoms with Gasteiger partial charge in [0.2, 0.25) is 0 Å². The molecule has 0 spiro atoms. The van der Waals surface area contributed by atoms with Crippen molar-refractivity contribution in [3.05, 3.63) is 91.1 Å². The average Bonchev–Trinajstić information content (AvgIpc) is 3.23. The van der Waals surface area contributed by atoms with Gasteiger partial charge in [0.25, 0.3) is 5.91 Å². The Kier molecular flexibility index (Phi) is 3.96. The molecule has 4 heteroatoms. The number of rotatable bonds is 6. The van der Waals surface area contributed by atoms with Crippen LogP contribution in [0.1, 0.15) is 34.7 Å². The third kappa shape index (κ3) is 2.37.